The van der Waals surface area contributed by atoms with E-state index in [1.54, 1.807) is 21.0 Å². The lowest BCUT2D eigenvalue weighted by Gasteiger charge is -2.37. The molecule has 0 fully saturated rings. The monoisotopic (exact) mass is 251 g/mol. The van der Waals surface area contributed by atoms with Gasteiger partial charge in [0.2, 0.25) is 0 Å². The van der Waals surface area contributed by atoms with Gasteiger partial charge in [0.1, 0.15) is 11.3 Å². The Kier molecular flexibility index (Phi) is 4.35. The first-order valence-corrected chi connectivity index (χ1v) is 5.91. The highest BCUT2D eigenvalue weighted by molar-refractivity contribution is 5.77. The van der Waals surface area contributed by atoms with Crippen molar-refractivity contribution in [3.8, 4) is 5.75 Å². The quantitative estimate of drug-likeness (QED) is 0.873. The van der Waals surface area contributed by atoms with Gasteiger partial charge in [0.25, 0.3) is 0 Å². The summed E-state index contributed by atoms with van der Waals surface area (Å²) in [7, 11) is 3.43. The van der Waals surface area contributed by atoms with Gasteiger partial charge >= 0.3 is 5.97 Å². The van der Waals surface area contributed by atoms with Crippen molar-refractivity contribution in [1.29, 1.82) is 0 Å². The third-order valence-electron chi connectivity index (χ3n) is 3.58. The number of hydrogen-bond donors (Lipinski definition) is 1. The summed E-state index contributed by atoms with van der Waals surface area (Å²) < 4.78 is 5.32. The van der Waals surface area contributed by atoms with Crippen LogP contribution in [0.5, 0.6) is 5.75 Å². The average Bonchev–Trinajstić information content (AvgIpc) is 2.36. The van der Waals surface area contributed by atoms with Gasteiger partial charge in [-0.05, 0) is 33.9 Å². The Morgan fingerprint density at radius 3 is 2.44 bits per heavy atom. The molecule has 0 spiro atoms. The zero-order valence-corrected chi connectivity index (χ0v) is 11.6. The lowest BCUT2D eigenvalue weighted by Crippen LogP contribution is -2.48. The van der Waals surface area contributed by atoms with Gasteiger partial charge in [-0.15, -0.1) is 0 Å². The lowest BCUT2D eigenvalue weighted by molar-refractivity contribution is -0.149. The highest BCUT2D eigenvalue weighted by atomic mass is 16.5. The van der Waals surface area contributed by atoms with Crippen LogP contribution >= 0.6 is 0 Å². The standard InChI is InChI=1S/C14H21NO3/c1-10(15(4)14(2,3)13(16)17)11-8-6-7-9-12(11)18-5/h6-10H,1-5H3,(H,16,17). The summed E-state index contributed by atoms with van der Waals surface area (Å²) in [5.74, 6) is -0.0650. The van der Waals surface area contributed by atoms with Crippen molar-refractivity contribution < 1.29 is 14.6 Å². The Labute approximate surface area is 108 Å². The second-order valence-electron chi connectivity index (χ2n) is 4.89. The Bertz CT molecular complexity index is 429. The van der Waals surface area contributed by atoms with Gasteiger partial charge in [0.05, 0.1) is 7.11 Å². The molecule has 0 aliphatic rings. The van der Waals surface area contributed by atoms with E-state index in [4.69, 9.17) is 4.74 Å². The molecule has 0 aliphatic carbocycles. The summed E-state index contributed by atoms with van der Waals surface area (Å²) >= 11 is 0. The first-order chi connectivity index (χ1) is 8.32. The van der Waals surface area contributed by atoms with Gasteiger partial charge in [0.15, 0.2) is 0 Å². The molecule has 1 aromatic rings. The van der Waals surface area contributed by atoms with E-state index in [0.717, 1.165) is 11.3 Å². The molecule has 4 heteroatoms. The van der Waals surface area contributed by atoms with E-state index < -0.39 is 11.5 Å². The maximum atomic E-state index is 11.3. The number of ether oxygens (including phenoxy) is 1. The SMILES string of the molecule is COc1ccccc1C(C)N(C)C(C)(C)C(=O)O. The van der Waals surface area contributed by atoms with Crippen LogP contribution in [0, 0.1) is 0 Å². The highest BCUT2D eigenvalue weighted by Gasteiger charge is 2.35. The Balaban J connectivity index is 3.07. The minimum absolute atomic E-state index is 0.0488. The maximum absolute atomic E-state index is 11.3. The van der Waals surface area contributed by atoms with E-state index in [9.17, 15) is 9.90 Å². The van der Waals surface area contributed by atoms with Crippen LogP contribution < -0.4 is 4.74 Å². The van der Waals surface area contributed by atoms with E-state index in [1.165, 1.54) is 0 Å². The minimum atomic E-state index is -0.930. The predicted molar refractivity (Wildman–Crippen MR) is 70.9 cm³/mol. The molecule has 0 heterocycles. The summed E-state index contributed by atoms with van der Waals surface area (Å²) in [6, 6.07) is 7.62. The third-order valence-corrected chi connectivity index (χ3v) is 3.58. The largest absolute Gasteiger partial charge is 0.496 e. The molecule has 0 amide bonds. The Hall–Kier alpha value is -1.55. The molecule has 18 heavy (non-hydrogen) atoms. The molecule has 1 atom stereocenters. The molecule has 0 saturated heterocycles. The number of methoxy groups -OCH3 is 1. The molecule has 0 aliphatic heterocycles. The van der Waals surface area contributed by atoms with Crippen LogP contribution in [0.3, 0.4) is 0 Å². The second-order valence-corrected chi connectivity index (χ2v) is 4.89. The summed E-state index contributed by atoms with van der Waals surface area (Å²) in [5.41, 5.74) is 0.0529. The lowest BCUT2D eigenvalue weighted by atomic mass is 9.98. The first kappa shape index (κ1) is 14.5. The average molecular weight is 251 g/mol. The van der Waals surface area contributed by atoms with Crippen LogP contribution in [-0.4, -0.2) is 35.7 Å². The van der Waals surface area contributed by atoms with Crippen LogP contribution in [0.1, 0.15) is 32.4 Å². The fraction of sp³-hybridized carbons (Fsp3) is 0.500. The van der Waals surface area contributed by atoms with E-state index in [-0.39, 0.29) is 6.04 Å². The molecule has 1 aromatic carbocycles. The Morgan fingerprint density at radius 2 is 1.94 bits per heavy atom. The number of para-hydroxylation sites is 1. The van der Waals surface area contributed by atoms with Gasteiger partial charge in [-0.1, -0.05) is 18.2 Å². The van der Waals surface area contributed by atoms with Crippen molar-refractivity contribution in [2.75, 3.05) is 14.2 Å². The summed E-state index contributed by atoms with van der Waals surface area (Å²) in [5, 5.41) is 9.26. The smallest absolute Gasteiger partial charge is 0.323 e. The number of carboxylic acids is 1. The fourth-order valence-electron chi connectivity index (χ4n) is 1.86. The zero-order chi connectivity index (χ0) is 13.9. The van der Waals surface area contributed by atoms with E-state index >= 15 is 0 Å². The van der Waals surface area contributed by atoms with Crippen molar-refractivity contribution in [1.82, 2.24) is 4.90 Å². The van der Waals surface area contributed by atoms with Gasteiger partial charge < -0.3 is 9.84 Å². The Morgan fingerprint density at radius 1 is 1.39 bits per heavy atom. The number of nitrogens with zero attached hydrogens (tertiary/aromatic N) is 1. The molecule has 1 rings (SSSR count). The number of benzene rings is 1. The second kappa shape index (κ2) is 5.40. The molecule has 0 saturated carbocycles. The van der Waals surface area contributed by atoms with Crippen LogP contribution in [-0.2, 0) is 4.79 Å². The summed E-state index contributed by atoms with van der Waals surface area (Å²) in [6.45, 7) is 5.37. The topological polar surface area (TPSA) is 49.8 Å². The fourth-order valence-corrected chi connectivity index (χ4v) is 1.86. The van der Waals surface area contributed by atoms with Crippen LogP contribution in [0.2, 0.25) is 0 Å². The van der Waals surface area contributed by atoms with E-state index in [1.807, 2.05) is 43.1 Å². The minimum Gasteiger partial charge on any atom is -0.496 e. The summed E-state index contributed by atoms with van der Waals surface area (Å²) in [6.07, 6.45) is 0. The van der Waals surface area contributed by atoms with Crippen molar-refractivity contribution in [3.05, 3.63) is 29.8 Å². The molecule has 0 aromatic heterocycles. The van der Waals surface area contributed by atoms with Gasteiger partial charge in [-0.2, -0.15) is 0 Å². The number of hydrogen-bond acceptors (Lipinski definition) is 3. The number of carboxylic acid groups (broad SMARTS) is 1. The first-order valence-electron chi connectivity index (χ1n) is 5.91. The maximum Gasteiger partial charge on any atom is 0.323 e. The van der Waals surface area contributed by atoms with Gasteiger partial charge in [-0.25, -0.2) is 0 Å². The third kappa shape index (κ3) is 2.64. The molecule has 1 unspecified atom stereocenters. The normalized spacial score (nSPS) is 13.4. The van der Waals surface area contributed by atoms with Gasteiger partial charge in [0, 0.05) is 11.6 Å². The highest BCUT2D eigenvalue weighted by Crippen LogP contribution is 2.32. The molecule has 100 valence electrons. The van der Waals surface area contributed by atoms with Crippen molar-refractivity contribution in [2.45, 2.75) is 32.4 Å². The molecular formula is C14H21NO3. The van der Waals surface area contributed by atoms with Crippen LogP contribution in [0.25, 0.3) is 0 Å². The van der Waals surface area contributed by atoms with Crippen molar-refractivity contribution >= 4 is 5.97 Å². The van der Waals surface area contributed by atoms with Gasteiger partial charge in [-0.3, -0.25) is 9.69 Å². The van der Waals surface area contributed by atoms with Crippen LogP contribution in [0.4, 0.5) is 0 Å². The number of carbonyl (C=O) groups is 1. The van der Waals surface area contributed by atoms with Crippen molar-refractivity contribution in [3.63, 3.8) is 0 Å². The number of likely N-dealkylation sites (N-methyl/N-ethyl adjacent to an activating group) is 1. The molecule has 1 N–H and O–H groups in total. The van der Waals surface area contributed by atoms with E-state index in [0.29, 0.717) is 0 Å². The number of rotatable bonds is 5. The predicted octanol–water partition coefficient (Wildman–Crippen LogP) is 2.55. The molecule has 0 bridgehead atoms. The molecular weight excluding hydrogens is 230 g/mol. The van der Waals surface area contributed by atoms with Crippen LogP contribution in [0.15, 0.2) is 24.3 Å². The summed E-state index contributed by atoms with van der Waals surface area (Å²) in [4.78, 5) is 13.1. The van der Waals surface area contributed by atoms with Crippen molar-refractivity contribution in [2.24, 2.45) is 0 Å². The van der Waals surface area contributed by atoms with E-state index in [2.05, 4.69) is 0 Å². The molecule has 0 radical (unpaired) electrons. The zero-order valence-electron chi connectivity index (χ0n) is 11.6. The molecule has 4 nitrogen and oxygen atoms in total. The number of aliphatic carboxylic acids is 1.